The Morgan fingerprint density at radius 3 is 2.85 bits per heavy atom. The Labute approximate surface area is 99.1 Å². The lowest BCUT2D eigenvalue weighted by Crippen LogP contribution is -2.02. The average Bonchev–Trinajstić information content (AvgIpc) is 2.02. The Morgan fingerprint density at radius 1 is 1.62 bits per heavy atom. The molecule has 1 aromatic heterocycles. The minimum absolute atomic E-state index is 0.235. The molecule has 0 spiro atoms. The molecule has 0 saturated carbocycles. The topological polar surface area (TPSA) is 31.4 Å². The number of rotatable bonds is 3. The number of halogens is 2. The summed E-state index contributed by atoms with van der Waals surface area (Å²) in [6, 6.07) is 1.95. The van der Waals surface area contributed by atoms with Gasteiger partial charge in [-0.2, -0.15) is 0 Å². The van der Waals surface area contributed by atoms with Crippen molar-refractivity contribution in [1.29, 1.82) is 0 Å². The van der Waals surface area contributed by atoms with Gasteiger partial charge >= 0.3 is 0 Å². The Bertz CT molecular complexity index is 283. The van der Waals surface area contributed by atoms with E-state index in [1.54, 1.807) is 7.11 Å². The monoisotopic (exact) mass is 357 g/mol. The second-order valence-corrected chi connectivity index (χ2v) is 4.33. The van der Waals surface area contributed by atoms with Crippen LogP contribution in [0.25, 0.3) is 0 Å². The highest BCUT2D eigenvalue weighted by Crippen LogP contribution is 2.29. The molecule has 0 bridgehead atoms. The van der Waals surface area contributed by atoms with E-state index in [4.69, 9.17) is 9.47 Å². The van der Waals surface area contributed by atoms with Gasteiger partial charge < -0.3 is 9.47 Å². The van der Waals surface area contributed by atoms with Crippen LogP contribution in [0.3, 0.4) is 0 Å². The zero-order chi connectivity index (χ0) is 9.84. The normalized spacial score (nSPS) is 10.2. The molecule has 0 unspecified atom stereocenters. The second kappa shape index (κ2) is 5.11. The van der Waals surface area contributed by atoms with Crippen LogP contribution in [0, 0.1) is 10.5 Å². The lowest BCUT2D eigenvalue weighted by molar-refractivity contribution is 0.0496. The third-order valence-electron chi connectivity index (χ3n) is 1.34. The zero-order valence-electron chi connectivity index (χ0n) is 7.30. The lowest BCUT2D eigenvalue weighted by Gasteiger charge is -2.08. The molecule has 0 aromatic carbocycles. The van der Waals surface area contributed by atoms with Crippen molar-refractivity contribution in [2.24, 2.45) is 0 Å². The Hall–Kier alpha value is 0.120. The quantitative estimate of drug-likeness (QED) is 0.473. The molecule has 1 heterocycles. The molecule has 0 atom stereocenters. The van der Waals surface area contributed by atoms with Crippen LogP contribution in [0.1, 0.15) is 5.69 Å². The summed E-state index contributed by atoms with van der Waals surface area (Å²) in [4.78, 5) is 4.22. The molecule has 0 aliphatic carbocycles. The Kier molecular flexibility index (Phi) is 4.40. The van der Waals surface area contributed by atoms with Crippen molar-refractivity contribution in [3.8, 4) is 5.75 Å². The van der Waals surface area contributed by atoms with Crippen molar-refractivity contribution in [3.05, 3.63) is 19.9 Å². The molecule has 3 nitrogen and oxygen atoms in total. The van der Waals surface area contributed by atoms with Crippen LogP contribution in [0.4, 0.5) is 0 Å². The number of hydrogen-bond donors (Lipinski definition) is 0. The molecule has 0 aliphatic heterocycles. The van der Waals surface area contributed by atoms with Gasteiger partial charge in [0, 0.05) is 12.8 Å². The van der Waals surface area contributed by atoms with Crippen molar-refractivity contribution in [2.45, 2.75) is 6.92 Å². The van der Waals surface area contributed by atoms with Gasteiger partial charge in [-0.25, -0.2) is 4.98 Å². The summed E-state index contributed by atoms with van der Waals surface area (Å²) in [7, 11) is 1.59. The SMILES string of the molecule is COCOc1c(I)cc(C)nc1Br. The first kappa shape index (κ1) is 11.2. The molecule has 0 amide bonds. The van der Waals surface area contributed by atoms with Crippen LogP contribution in [0.2, 0.25) is 0 Å². The fraction of sp³-hybridized carbons (Fsp3) is 0.375. The number of pyridine rings is 1. The number of ether oxygens (including phenoxy) is 2. The van der Waals surface area contributed by atoms with E-state index in [9.17, 15) is 0 Å². The highest BCUT2D eigenvalue weighted by Gasteiger charge is 2.08. The molecule has 0 radical (unpaired) electrons. The molecule has 0 N–H and O–H groups in total. The van der Waals surface area contributed by atoms with Crippen LogP contribution in [0.5, 0.6) is 5.75 Å². The molecule has 1 rings (SSSR count). The summed E-state index contributed by atoms with van der Waals surface area (Å²) in [6.07, 6.45) is 0. The molecule has 0 aliphatic rings. The maximum atomic E-state index is 5.33. The van der Waals surface area contributed by atoms with Gasteiger partial charge in [-0.15, -0.1) is 0 Å². The van der Waals surface area contributed by atoms with Crippen molar-refractivity contribution in [1.82, 2.24) is 4.98 Å². The van der Waals surface area contributed by atoms with E-state index in [2.05, 4.69) is 43.5 Å². The first-order chi connectivity index (χ1) is 6.15. The highest BCUT2D eigenvalue weighted by molar-refractivity contribution is 14.1. The molecular formula is C8H9BrINO2. The van der Waals surface area contributed by atoms with Gasteiger partial charge in [0.05, 0.1) is 3.57 Å². The molecular weight excluding hydrogens is 349 g/mol. The minimum Gasteiger partial charge on any atom is -0.464 e. The summed E-state index contributed by atoms with van der Waals surface area (Å²) in [5.41, 5.74) is 0.959. The van der Waals surface area contributed by atoms with Crippen molar-refractivity contribution >= 4 is 38.5 Å². The van der Waals surface area contributed by atoms with E-state index in [1.165, 1.54) is 0 Å². The highest BCUT2D eigenvalue weighted by atomic mass is 127. The van der Waals surface area contributed by atoms with Crippen molar-refractivity contribution in [2.75, 3.05) is 13.9 Å². The molecule has 0 saturated heterocycles. The Balaban J connectivity index is 2.92. The molecule has 0 fully saturated rings. The fourth-order valence-electron chi connectivity index (χ4n) is 0.832. The summed E-state index contributed by atoms with van der Waals surface area (Å²) in [6.45, 7) is 2.17. The first-order valence-corrected chi connectivity index (χ1v) is 5.46. The molecule has 5 heteroatoms. The largest absolute Gasteiger partial charge is 0.464 e. The van der Waals surface area contributed by atoms with Gasteiger partial charge in [0.1, 0.15) is 4.60 Å². The van der Waals surface area contributed by atoms with E-state index in [-0.39, 0.29) is 6.79 Å². The molecule has 72 valence electrons. The Morgan fingerprint density at radius 2 is 2.31 bits per heavy atom. The summed E-state index contributed by atoms with van der Waals surface area (Å²) >= 11 is 5.53. The first-order valence-electron chi connectivity index (χ1n) is 3.59. The van der Waals surface area contributed by atoms with E-state index < -0.39 is 0 Å². The third kappa shape index (κ3) is 3.07. The summed E-state index contributed by atoms with van der Waals surface area (Å²) < 4.78 is 11.9. The fourth-order valence-corrected chi connectivity index (χ4v) is 2.67. The van der Waals surface area contributed by atoms with Crippen LogP contribution < -0.4 is 4.74 Å². The van der Waals surface area contributed by atoms with Crippen LogP contribution >= 0.6 is 38.5 Å². The van der Waals surface area contributed by atoms with Crippen molar-refractivity contribution < 1.29 is 9.47 Å². The lowest BCUT2D eigenvalue weighted by atomic mass is 10.4. The maximum Gasteiger partial charge on any atom is 0.188 e. The van der Waals surface area contributed by atoms with Crippen LogP contribution in [-0.2, 0) is 4.74 Å². The van der Waals surface area contributed by atoms with Gasteiger partial charge in [0.2, 0.25) is 0 Å². The molecule has 1 aromatic rings. The maximum absolute atomic E-state index is 5.33. The predicted molar refractivity (Wildman–Crippen MR) is 61.9 cm³/mol. The number of aryl methyl sites for hydroxylation is 1. The van der Waals surface area contributed by atoms with E-state index >= 15 is 0 Å². The third-order valence-corrected chi connectivity index (χ3v) is 2.67. The van der Waals surface area contributed by atoms with Gasteiger partial charge in [0.15, 0.2) is 12.5 Å². The number of aromatic nitrogens is 1. The number of nitrogens with zero attached hydrogens (tertiary/aromatic N) is 1. The summed E-state index contributed by atoms with van der Waals surface area (Å²) in [5, 5.41) is 0. The van der Waals surface area contributed by atoms with Crippen LogP contribution in [0.15, 0.2) is 10.7 Å². The van der Waals surface area contributed by atoms with E-state index in [0.717, 1.165) is 15.0 Å². The zero-order valence-corrected chi connectivity index (χ0v) is 11.0. The van der Waals surface area contributed by atoms with E-state index in [0.29, 0.717) is 4.60 Å². The summed E-state index contributed by atoms with van der Waals surface area (Å²) in [5.74, 6) is 0.730. The van der Waals surface area contributed by atoms with E-state index in [1.807, 2.05) is 13.0 Å². The minimum atomic E-state index is 0.235. The van der Waals surface area contributed by atoms with Gasteiger partial charge in [-0.1, -0.05) is 0 Å². The standard InChI is InChI=1S/C8H9BrINO2/c1-5-3-6(10)7(8(9)11-5)13-4-12-2/h3H,4H2,1-2H3. The smallest absolute Gasteiger partial charge is 0.188 e. The van der Waals surface area contributed by atoms with Crippen molar-refractivity contribution in [3.63, 3.8) is 0 Å². The van der Waals surface area contributed by atoms with Gasteiger partial charge in [-0.05, 0) is 51.5 Å². The predicted octanol–water partition coefficient (Wildman–Crippen LogP) is 2.74. The number of hydrogen-bond acceptors (Lipinski definition) is 3. The molecule has 13 heavy (non-hydrogen) atoms. The van der Waals surface area contributed by atoms with Crippen LogP contribution in [-0.4, -0.2) is 18.9 Å². The average molecular weight is 358 g/mol. The van der Waals surface area contributed by atoms with Gasteiger partial charge in [-0.3, -0.25) is 0 Å². The van der Waals surface area contributed by atoms with Gasteiger partial charge in [0.25, 0.3) is 0 Å². The second-order valence-electron chi connectivity index (χ2n) is 2.42. The number of methoxy groups -OCH3 is 1.